The average Bonchev–Trinajstić information content (AvgIpc) is 4.08. The molecule has 1 aliphatic heterocycles. The topological polar surface area (TPSA) is 224 Å². The lowest BCUT2D eigenvalue weighted by Crippen LogP contribution is -2.58. The summed E-state index contributed by atoms with van der Waals surface area (Å²) < 4.78 is 46.8. The molecule has 19 heteroatoms. The van der Waals surface area contributed by atoms with Gasteiger partial charge in [0.2, 0.25) is 27.4 Å². The summed E-state index contributed by atoms with van der Waals surface area (Å²) >= 11 is 1.16. The van der Waals surface area contributed by atoms with Crippen LogP contribution >= 0.6 is 11.3 Å². The van der Waals surface area contributed by atoms with E-state index >= 15 is 4.79 Å². The van der Waals surface area contributed by atoms with E-state index in [0.29, 0.717) is 52.8 Å². The van der Waals surface area contributed by atoms with Crippen LogP contribution in [0.5, 0.6) is 11.6 Å². The maximum absolute atomic E-state index is 15.0. The van der Waals surface area contributed by atoms with E-state index in [1.807, 2.05) is 83.1 Å². The molecule has 64 heavy (non-hydrogen) atoms. The van der Waals surface area contributed by atoms with Crippen molar-refractivity contribution in [2.75, 3.05) is 18.4 Å². The molecule has 0 radical (unpaired) electrons. The summed E-state index contributed by atoms with van der Waals surface area (Å²) in [6, 6.07) is 12.6. The quantitative estimate of drug-likeness (QED) is 0.0889. The van der Waals surface area contributed by atoms with Gasteiger partial charge in [-0.05, 0) is 81.8 Å². The normalized spacial score (nSPS) is 21.4. The smallest absolute Gasteiger partial charge is 0.270 e. The minimum absolute atomic E-state index is 0.0215. The zero-order chi connectivity index (χ0) is 45.7. The highest BCUT2D eigenvalue weighted by Crippen LogP contribution is 2.46. The third kappa shape index (κ3) is 9.00. The Bertz CT molecular complexity index is 2740. The number of aromatic nitrogens is 3. The van der Waals surface area contributed by atoms with Crippen LogP contribution < -0.4 is 30.1 Å². The van der Waals surface area contributed by atoms with E-state index in [0.717, 1.165) is 16.7 Å². The fourth-order valence-corrected chi connectivity index (χ4v) is 10.00. The highest BCUT2D eigenvalue weighted by molar-refractivity contribution is 7.91. The summed E-state index contributed by atoms with van der Waals surface area (Å²) in [6.45, 7) is 15.4. The molecule has 5 aromatic rings. The van der Waals surface area contributed by atoms with Gasteiger partial charge in [-0.1, -0.05) is 39.0 Å². The number of hydrogen-bond acceptors (Lipinski definition) is 14. The van der Waals surface area contributed by atoms with Crippen LogP contribution in [-0.4, -0.2) is 100 Å². The largest absolute Gasteiger partial charge is 0.491 e. The number of rotatable bonds is 16. The number of para-hydroxylation sites is 1. The lowest BCUT2D eigenvalue weighted by molar-refractivity contribution is -0.141. The van der Waals surface area contributed by atoms with Crippen LogP contribution in [-0.2, 0) is 24.4 Å². The van der Waals surface area contributed by atoms with Crippen molar-refractivity contribution in [3.63, 3.8) is 0 Å². The van der Waals surface area contributed by atoms with Gasteiger partial charge >= 0.3 is 0 Å². The van der Waals surface area contributed by atoms with Gasteiger partial charge in [0.15, 0.2) is 11.0 Å². The number of furan rings is 1. The molecule has 2 aliphatic carbocycles. The van der Waals surface area contributed by atoms with Gasteiger partial charge in [0.1, 0.15) is 46.3 Å². The van der Waals surface area contributed by atoms with Crippen LogP contribution in [0.3, 0.4) is 0 Å². The molecule has 17 nitrogen and oxygen atoms in total. The Morgan fingerprint density at radius 2 is 1.80 bits per heavy atom. The Kier molecular flexibility index (Phi) is 11.9. The van der Waals surface area contributed by atoms with Crippen molar-refractivity contribution in [2.45, 2.75) is 102 Å². The average molecular weight is 913 g/mol. The second-order valence-electron chi connectivity index (χ2n) is 17.8. The van der Waals surface area contributed by atoms with Crippen LogP contribution in [0.1, 0.15) is 77.7 Å². The van der Waals surface area contributed by atoms with Crippen LogP contribution in [0.2, 0.25) is 0 Å². The number of sulfonamides is 1. The van der Waals surface area contributed by atoms with Gasteiger partial charge in [-0.15, -0.1) is 17.9 Å². The van der Waals surface area contributed by atoms with Crippen molar-refractivity contribution < 1.29 is 41.5 Å². The summed E-state index contributed by atoms with van der Waals surface area (Å²) in [4.78, 5) is 71.6. The summed E-state index contributed by atoms with van der Waals surface area (Å²) in [6.07, 6.45) is 1.62. The zero-order valence-corrected chi connectivity index (χ0v) is 38.1. The fraction of sp³-hybridized carbons (Fsp3) is 0.444. The first-order chi connectivity index (χ1) is 30.4. The second kappa shape index (κ2) is 17.1. The zero-order valence-electron chi connectivity index (χ0n) is 36.5. The molecule has 4 N–H and O–H groups in total. The van der Waals surface area contributed by atoms with Gasteiger partial charge in [0, 0.05) is 35.2 Å². The molecule has 0 unspecified atom stereocenters. The molecule has 4 heterocycles. The van der Waals surface area contributed by atoms with Crippen LogP contribution in [0.4, 0.5) is 5.13 Å². The maximum atomic E-state index is 15.0. The summed E-state index contributed by atoms with van der Waals surface area (Å²) in [5, 5.41) is 10.8. The third-order valence-electron chi connectivity index (χ3n) is 11.5. The first-order valence-electron chi connectivity index (χ1n) is 21.3. The Morgan fingerprint density at radius 3 is 2.45 bits per heavy atom. The van der Waals surface area contributed by atoms with Crippen molar-refractivity contribution in [1.29, 1.82) is 0 Å². The van der Waals surface area contributed by atoms with E-state index in [2.05, 4.69) is 32.2 Å². The molecular formula is C45H52N8O9S2. The number of benzene rings is 2. The second-order valence-corrected chi connectivity index (χ2v) is 20.6. The molecule has 3 aliphatic rings. The fourth-order valence-electron chi connectivity index (χ4n) is 7.91. The highest BCUT2D eigenvalue weighted by Gasteiger charge is 2.62. The molecule has 0 spiro atoms. The number of ether oxygens (including phenoxy) is 2. The molecule has 338 valence electrons. The number of likely N-dealkylation sites (tertiary alicyclic amines) is 1. The maximum Gasteiger partial charge on any atom is 0.270 e. The molecule has 3 fully saturated rings. The number of carbonyl (C=O) groups excluding carboxylic acids is 4. The first-order valence-corrected chi connectivity index (χ1v) is 23.8. The number of amides is 4. The number of carbonyl (C=O) groups is 4. The van der Waals surface area contributed by atoms with Crippen LogP contribution in [0, 0.1) is 11.3 Å². The Morgan fingerprint density at radius 1 is 1.06 bits per heavy atom. The molecule has 5 atom stereocenters. The van der Waals surface area contributed by atoms with Gasteiger partial charge in [-0.2, -0.15) is 4.98 Å². The molecule has 1 saturated heterocycles. The molecule has 8 rings (SSSR count). The molecule has 2 saturated carbocycles. The van der Waals surface area contributed by atoms with Gasteiger partial charge in [0.05, 0.1) is 17.9 Å². The Hall–Kier alpha value is -6.08. The van der Waals surface area contributed by atoms with E-state index in [9.17, 15) is 22.8 Å². The first kappa shape index (κ1) is 44.5. The third-order valence-corrected chi connectivity index (χ3v) is 14.1. The van der Waals surface area contributed by atoms with E-state index in [1.165, 1.54) is 11.0 Å². The number of thiazole rings is 1. The number of anilines is 1. The lowest BCUT2D eigenvalue weighted by Gasteiger charge is -2.35. The molecular weight excluding hydrogens is 861 g/mol. The van der Waals surface area contributed by atoms with Crippen LogP contribution in [0.15, 0.2) is 71.0 Å². The van der Waals surface area contributed by atoms with E-state index in [1.54, 1.807) is 12.3 Å². The number of hydrogen-bond donors (Lipinski definition) is 4. The van der Waals surface area contributed by atoms with Gasteiger partial charge < -0.3 is 34.7 Å². The minimum Gasteiger partial charge on any atom is -0.491 e. The number of fused-ring (bicyclic) bond motifs is 3. The van der Waals surface area contributed by atoms with Gasteiger partial charge in [-0.25, -0.2) is 18.4 Å². The molecule has 2 aromatic carbocycles. The lowest BCUT2D eigenvalue weighted by atomic mass is 9.85. The van der Waals surface area contributed by atoms with Gasteiger partial charge in [0.25, 0.3) is 17.7 Å². The summed E-state index contributed by atoms with van der Waals surface area (Å²) in [7, 11) is -3.94. The molecule has 4 amide bonds. The van der Waals surface area contributed by atoms with Crippen molar-refractivity contribution in [3.8, 4) is 23.0 Å². The molecule has 3 aromatic heterocycles. The van der Waals surface area contributed by atoms with Crippen molar-refractivity contribution >= 4 is 72.2 Å². The molecule has 0 bridgehead atoms. The van der Waals surface area contributed by atoms with Crippen LogP contribution in [0.25, 0.3) is 33.5 Å². The summed E-state index contributed by atoms with van der Waals surface area (Å²) in [5.74, 6) is -1.79. The van der Waals surface area contributed by atoms with Crippen molar-refractivity contribution in [2.24, 2.45) is 11.3 Å². The Labute approximate surface area is 374 Å². The minimum atomic E-state index is -3.94. The van der Waals surface area contributed by atoms with Crippen molar-refractivity contribution in [1.82, 2.24) is 35.2 Å². The van der Waals surface area contributed by atoms with E-state index < -0.39 is 68.1 Å². The van der Waals surface area contributed by atoms with Crippen molar-refractivity contribution in [3.05, 3.63) is 72.3 Å². The summed E-state index contributed by atoms with van der Waals surface area (Å²) in [5.41, 5.74) is -0.145. The SMILES string of the molecule is C=C[C@@H]1C[C@]1(NC(=O)[C@@H]1C[C@@H](Oc2nc(-c3ccc(OC(C)C)cc3)nc3c2oc2ccccc23)CN1C(=O)[C@@H](Nc1nc(C(=O)NCC)cs1)C(C)(C)C)C(=O)NS(=O)(=O)C1CC1. The highest BCUT2D eigenvalue weighted by atomic mass is 32.2. The van der Waals surface area contributed by atoms with E-state index in [-0.39, 0.29) is 48.6 Å². The standard InChI is InChI=1S/C45H52N8O9S2/c1-8-26-21-45(26,42(57)52-64(58,59)29-18-19-29)51-39(55)32-20-28(22-53(32)41(56)36(44(5,6)7)49-43-47-31(23-63-43)38(54)46-9-2)61-40-35-34(30-12-10-11-13-33(30)62-35)48-37(50-40)25-14-16-27(17-15-25)60-24(3)4/h8,10-17,23-24,26,28-29,32,36H,1,9,18-22H2,2-7H3,(H,46,54)(H,47,49)(H,51,55)(H,52,57)/t26-,28-,32+,36-,45-/m1/s1. The van der Waals surface area contributed by atoms with Gasteiger partial charge in [-0.3, -0.25) is 23.9 Å². The predicted octanol–water partition coefficient (Wildman–Crippen LogP) is 5.58. The van der Waals surface area contributed by atoms with E-state index in [4.69, 9.17) is 23.9 Å². The number of nitrogens with zero attached hydrogens (tertiary/aromatic N) is 4. The number of nitrogens with one attached hydrogen (secondary N) is 4. The predicted molar refractivity (Wildman–Crippen MR) is 241 cm³/mol. The Balaban J connectivity index is 1.14. The monoisotopic (exact) mass is 912 g/mol.